The zero-order chi connectivity index (χ0) is 18.2. The minimum atomic E-state index is -0.123. The molecule has 0 bridgehead atoms. The largest absolute Gasteiger partial charge is 0.486 e. The maximum atomic E-state index is 11.9. The van der Waals surface area contributed by atoms with Crippen LogP contribution in [0.3, 0.4) is 0 Å². The Morgan fingerprint density at radius 2 is 1.69 bits per heavy atom. The quantitative estimate of drug-likeness (QED) is 0.748. The van der Waals surface area contributed by atoms with Gasteiger partial charge in [0.25, 0.3) is 5.91 Å². The van der Waals surface area contributed by atoms with Crippen molar-refractivity contribution >= 4 is 11.8 Å². The fraction of sp³-hybridized carbons (Fsp3) is 0.300. The van der Waals surface area contributed by atoms with Crippen molar-refractivity contribution in [2.45, 2.75) is 19.4 Å². The van der Waals surface area contributed by atoms with Gasteiger partial charge in [-0.2, -0.15) is 0 Å². The lowest BCUT2D eigenvalue weighted by Crippen LogP contribution is -2.27. The maximum absolute atomic E-state index is 11.9. The molecule has 3 rings (SSSR count). The topological polar surface area (TPSA) is 76.7 Å². The standard InChI is InChI=1S/C20H22N2O4/c23-19(7-4-10-21-20(24)16-5-2-1-3-6-16)22-14-15-8-9-17-18(13-15)26-12-11-25-17/h1-3,5-6,8-9,13H,4,7,10-12,14H2,(H,21,24)(H,22,23). The van der Waals surface area contributed by atoms with Crippen molar-refractivity contribution in [3.8, 4) is 11.5 Å². The zero-order valence-corrected chi connectivity index (χ0v) is 14.5. The molecule has 0 radical (unpaired) electrons. The summed E-state index contributed by atoms with van der Waals surface area (Å²) >= 11 is 0. The Hall–Kier alpha value is -3.02. The molecule has 0 atom stereocenters. The molecule has 26 heavy (non-hydrogen) atoms. The molecular formula is C20H22N2O4. The molecule has 2 aromatic carbocycles. The predicted octanol–water partition coefficient (Wildman–Crippen LogP) is 2.28. The molecule has 0 unspecified atom stereocenters. The number of ether oxygens (including phenoxy) is 2. The third-order valence-electron chi connectivity index (χ3n) is 4.00. The average Bonchev–Trinajstić information content (AvgIpc) is 2.70. The summed E-state index contributed by atoms with van der Waals surface area (Å²) in [6, 6.07) is 14.7. The minimum Gasteiger partial charge on any atom is -0.486 e. The van der Waals surface area contributed by atoms with E-state index in [1.165, 1.54) is 0 Å². The van der Waals surface area contributed by atoms with Crippen molar-refractivity contribution < 1.29 is 19.1 Å². The van der Waals surface area contributed by atoms with Crippen LogP contribution in [0.25, 0.3) is 0 Å². The molecule has 0 fully saturated rings. The van der Waals surface area contributed by atoms with E-state index in [0.717, 1.165) is 11.3 Å². The van der Waals surface area contributed by atoms with E-state index in [0.29, 0.717) is 50.5 Å². The highest BCUT2D eigenvalue weighted by atomic mass is 16.6. The van der Waals surface area contributed by atoms with Gasteiger partial charge in [0.1, 0.15) is 13.2 Å². The minimum absolute atomic E-state index is 0.0474. The van der Waals surface area contributed by atoms with Crippen molar-refractivity contribution in [2.24, 2.45) is 0 Å². The lowest BCUT2D eigenvalue weighted by molar-refractivity contribution is -0.121. The summed E-state index contributed by atoms with van der Waals surface area (Å²) in [5.74, 6) is 1.28. The van der Waals surface area contributed by atoms with Crippen LogP contribution in [-0.4, -0.2) is 31.6 Å². The Balaban J connectivity index is 1.35. The van der Waals surface area contributed by atoms with Gasteiger partial charge in [-0.1, -0.05) is 24.3 Å². The summed E-state index contributed by atoms with van der Waals surface area (Å²) in [6.45, 7) is 2.00. The third kappa shape index (κ3) is 4.99. The molecule has 0 saturated heterocycles. The van der Waals surface area contributed by atoms with Crippen molar-refractivity contribution in [1.29, 1.82) is 0 Å². The molecule has 0 saturated carbocycles. The summed E-state index contributed by atoms with van der Waals surface area (Å²) in [5.41, 5.74) is 1.58. The second-order valence-corrected chi connectivity index (χ2v) is 5.98. The molecule has 0 aromatic heterocycles. The van der Waals surface area contributed by atoms with Crippen LogP contribution in [-0.2, 0) is 11.3 Å². The van der Waals surface area contributed by atoms with Gasteiger partial charge in [0.15, 0.2) is 11.5 Å². The van der Waals surface area contributed by atoms with Gasteiger partial charge >= 0.3 is 0 Å². The normalized spacial score (nSPS) is 12.3. The smallest absolute Gasteiger partial charge is 0.251 e. The molecular weight excluding hydrogens is 332 g/mol. The predicted molar refractivity (Wildman–Crippen MR) is 97.3 cm³/mol. The van der Waals surface area contributed by atoms with Gasteiger partial charge in [0.2, 0.25) is 5.91 Å². The molecule has 6 heteroatoms. The molecule has 2 aromatic rings. The number of nitrogens with one attached hydrogen (secondary N) is 2. The first kappa shape index (κ1) is 17.8. The Kier molecular flexibility index (Phi) is 6.09. The number of rotatable bonds is 7. The van der Waals surface area contributed by atoms with E-state index in [1.54, 1.807) is 12.1 Å². The molecule has 0 spiro atoms. The highest BCUT2D eigenvalue weighted by Crippen LogP contribution is 2.30. The van der Waals surface area contributed by atoms with Crippen LogP contribution in [0.1, 0.15) is 28.8 Å². The van der Waals surface area contributed by atoms with E-state index in [1.807, 2.05) is 36.4 Å². The van der Waals surface area contributed by atoms with Crippen LogP contribution in [0.15, 0.2) is 48.5 Å². The van der Waals surface area contributed by atoms with Crippen molar-refractivity contribution in [3.63, 3.8) is 0 Å². The zero-order valence-electron chi connectivity index (χ0n) is 14.5. The van der Waals surface area contributed by atoms with Gasteiger partial charge in [0.05, 0.1) is 0 Å². The lowest BCUT2D eigenvalue weighted by atomic mass is 10.2. The second kappa shape index (κ2) is 8.89. The summed E-state index contributed by atoms with van der Waals surface area (Å²) in [6.07, 6.45) is 0.950. The molecule has 0 aliphatic carbocycles. The summed E-state index contributed by atoms with van der Waals surface area (Å²) in [7, 11) is 0. The molecule has 1 heterocycles. The summed E-state index contributed by atoms with van der Waals surface area (Å²) in [5, 5.41) is 5.69. The number of carbonyl (C=O) groups excluding carboxylic acids is 2. The van der Waals surface area contributed by atoms with Crippen LogP contribution >= 0.6 is 0 Å². The summed E-state index contributed by atoms with van der Waals surface area (Å²) < 4.78 is 11.0. The molecule has 1 aliphatic heterocycles. The monoisotopic (exact) mass is 354 g/mol. The molecule has 2 N–H and O–H groups in total. The van der Waals surface area contributed by atoms with E-state index in [2.05, 4.69) is 10.6 Å². The van der Waals surface area contributed by atoms with E-state index < -0.39 is 0 Å². The van der Waals surface area contributed by atoms with Crippen LogP contribution in [0.2, 0.25) is 0 Å². The van der Waals surface area contributed by atoms with Gasteiger partial charge in [-0.15, -0.1) is 0 Å². The van der Waals surface area contributed by atoms with E-state index >= 15 is 0 Å². The van der Waals surface area contributed by atoms with E-state index in [4.69, 9.17) is 9.47 Å². The van der Waals surface area contributed by atoms with Gasteiger partial charge in [-0.3, -0.25) is 9.59 Å². The molecule has 2 amide bonds. The van der Waals surface area contributed by atoms with Gasteiger partial charge in [-0.05, 0) is 36.2 Å². The van der Waals surface area contributed by atoms with Crippen molar-refractivity contribution in [2.75, 3.05) is 19.8 Å². The van der Waals surface area contributed by atoms with Gasteiger partial charge in [0, 0.05) is 25.1 Å². The fourth-order valence-electron chi connectivity index (χ4n) is 2.63. The lowest BCUT2D eigenvalue weighted by Gasteiger charge is -2.19. The number of carbonyl (C=O) groups is 2. The number of benzene rings is 2. The fourth-order valence-corrected chi connectivity index (χ4v) is 2.63. The molecule has 136 valence electrons. The Morgan fingerprint density at radius 3 is 2.50 bits per heavy atom. The van der Waals surface area contributed by atoms with Gasteiger partial charge < -0.3 is 20.1 Å². The van der Waals surface area contributed by atoms with Crippen LogP contribution in [0, 0.1) is 0 Å². The Labute approximate surface area is 152 Å². The van der Waals surface area contributed by atoms with Crippen LogP contribution in [0.5, 0.6) is 11.5 Å². The number of fused-ring (bicyclic) bond motifs is 1. The first-order chi connectivity index (χ1) is 12.7. The van der Waals surface area contributed by atoms with Crippen molar-refractivity contribution in [1.82, 2.24) is 10.6 Å². The Morgan fingerprint density at radius 1 is 0.923 bits per heavy atom. The SMILES string of the molecule is O=C(CCCNC(=O)c1ccccc1)NCc1ccc2c(c1)OCCO2. The van der Waals surface area contributed by atoms with E-state index in [-0.39, 0.29) is 11.8 Å². The first-order valence-electron chi connectivity index (χ1n) is 8.71. The Bertz CT molecular complexity index is 762. The maximum Gasteiger partial charge on any atom is 0.251 e. The number of hydrogen-bond donors (Lipinski definition) is 2. The van der Waals surface area contributed by atoms with Crippen molar-refractivity contribution in [3.05, 3.63) is 59.7 Å². The van der Waals surface area contributed by atoms with E-state index in [9.17, 15) is 9.59 Å². The number of amides is 2. The highest BCUT2D eigenvalue weighted by Gasteiger charge is 2.12. The van der Waals surface area contributed by atoms with Gasteiger partial charge in [-0.25, -0.2) is 0 Å². The number of hydrogen-bond acceptors (Lipinski definition) is 4. The third-order valence-corrected chi connectivity index (χ3v) is 4.00. The molecule has 6 nitrogen and oxygen atoms in total. The molecule has 1 aliphatic rings. The van der Waals surface area contributed by atoms with Crippen LogP contribution in [0.4, 0.5) is 0 Å². The first-order valence-corrected chi connectivity index (χ1v) is 8.71. The average molecular weight is 354 g/mol. The summed E-state index contributed by atoms with van der Waals surface area (Å²) in [4.78, 5) is 23.8. The second-order valence-electron chi connectivity index (χ2n) is 5.98. The van der Waals surface area contributed by atoms with Crippen LogP contribution < -0.4 is 20.1 Å². The highest BCUT2D eigenvalue weighted by molar-refractivity contribution is 5.94.